The first kappa shape index (κ1) is 8.73. The average molecular weight is 176 g/mol. The van der Waals surface area contributed by atoms with E-state index >= 15 is 0 Å². The van der Waals surface area contributed by atoms with E-state index in [0.29, 0.717) is 12.1 Å². The molecule has 1 aliphatic heterocycles. The van der Waals surface area contributed by atoms with Gasteiger partial charge in [-0.3, -0.25) is 0 Å². The highest BCUT2D eigenvalue weighted by Gasteiger charge is 2.20. The van der Waals surface area contributed by atoms with Gasteiger partial charge in [0.2, 0.25) is 0 Å². The summed E-state index contributed by atoms with van der Waals surface area (Å²) >= 11 is 0. The molecule has 1 aromatic rings. The molecule has 1 aromatic carbocycles. The summed E-state index contributed by atoms with van der Waals surface area (Å²) in [7, 11) is 0. The Morgan fingerprint density at radius 2 is 2.08 bits per heavy atom. The highest BCUT2D eigenvalue weighted by Crippen LogP contribution is 2.10. The summed E-state index contributed by atoms with van der Waals surface area (Å²) in [6.07, 6.45) is 2.21. The third-order valence-electron chi connectivity index (χ3n) is 2.58. The Labute approximate surface area is 79.1 Å². The largest absolute Gasteiger partial charge is 0.326 e. The van der Waals surface area contributed by atoms with Crippen molar-refractivity contribution in [1.29, 1.82) is 0 Å². The van der Waals surface area contributed by atoms with Crippen molar-refractivity contribution in [3.05, 3.63) is 35.9 Å². The molecule has 0 radical (unpaired) electrons. The zero-order chi connectivity index (χ0) is 9.10. The maximum absolute atomic E-state index is 5.82. The molecule has 1 unspecified atom stereocenters. The van der Waals surface area contributed by atoms with Gasteiger partial charge < -0.3 is 11.1 Å². The van der Waals surface area contributed by atoms with Crippen LogP contribution in [0.2, 0.25) is 0 Å². The predicted molar refractivity (Wildman–Crippen MR) is 54.5 cm³/mol. The monoisotopic (exact) mass is 176 g/mol. The van der Waals surface area contributed by atoms with Gasteiger partial charge in [0.05, 0.1) is 0 Å². The van der Waals surface area contributed by atoms with Gasteiger partial charge in [0, 0.05) is 18.6 Å². The second-order valence-electron chi connectivity index (χ2n) is 3.79. The summed E-state index contributed by atoms with van der Waals surface area (Å²) in [5.74, 6) is 0. The van der Waals surface area contributed by atoms with Gasteiger partial charge in [-0.25, -0.2) is 0 Å². The lowest BCUT2D eigenvalue weighted by molar-refractivity contribution is 0.597. The number of benzene rings is 1. The maximum atomic E-state index is 5.82. The molecule has 0 amide bonds. The van der Waals surface area contributed by atoms with Crippen molar-refractivity contribution in [2.45, 2.75) is 24.9 Å². The van der Waals surface area contributed by atoms with E-state index in [1.165, 1.54) is 5.56 Å². The van der Waals surface area contributed by atoms with Gasteiger partial charge in [0.15, 0.2) is 0 Å². The van der Waals surface area contributed by atoms with E-state index in [0.717, 1.165) is 19.4 Å². The minimum atomic E-state index is 0.355. The predicted octanol–water partition coefficient (Wildman–Crippen LogP) is 0.918. The Morgan fingerprint density at radius 3 is 2.69 bits per heavy atom. The number of rotatable bonds is 2. The summed E-state index contributed by atoms with van der Waals surface area (Å²) in [5, 5.41) is 3.43. The Kier molecular flexibility index (Phi) is 2.62. The minimum absolute atomic E-state index is 0.355. The lowest BCUT2D eigenvalue weighted by Crippen LogP contribution is -2.24. The van der Waals surface area contributed by atoms with Crippen LogP contribution in [0.1, 0.15) is 12.0 Å². The molecule has 2 heteroatoms. The van der Waals surface area contributed by atoms with Crippen molar-refractivity contribution in [2.24, 2.45) is 5.73 Å². The van der Waals surface area contributed by atoms with Crippen molar-refractivity contribution in [1.82, 2.24) is 5.32 Å². The van der Waals surface area contributed by atoms with E-state index in [1.54, 1.807) is 0 Å². The summed E-state index contributed by atoms with van der Waals surface area (Å²) in [4.78, 5) is 0. The number of hydrogen-bond donors (Lipinski definition) is 2. The van der Waals surface area contributed by atoms with Crippen LogP contribution in [0, 0.1) is 0 Å². The fourth-order valence-corrected chi connectivity index (χ4v) is 1.90. The Bertz CT molecular complexity index is 258. The zero-order valence-electron chi connectivity index (χ0n) is 7.74. The van der Waals surface area contributed by atoms with Gasteiger partial charge in [0.25, 0.3) is 0 Å². The molecule has 1 aliphatic rings. The first-order valence-corrected chi connectivity index (χ1v) is 4.87. The average Bonchev–Trinajstić information content (AvgIpc) is 2.53. The van der Waals surface area contributed by atoms with Gasteiger partial charge in [-0.2, -0.15) is 0 Å². The van der Waals surface area contributed by atoms with Crippen LogP contribution in [0.4, 0.5) is 0 Å². The number of nitrogens with two attached hydrogens (primary N) is 1. The van der Waals surface area contributed by atoms with Crippen LogP contribution in [-0.2, 0) is 6.42 Å². The Morgan fingerprint density at radius 1 is 1.31 bits per heavy atom. The lowest BCUT2D eigenvalue weighted by atomic mass is 10.0. The molecule has 2 nitrogen and oxygen atoms in total. The van der Waals surface area contributed by atoms with Crippen LogP contribution >= 0.6 is 0 Å². The molecule has 70 valence electrons. The van der Waals surface area contributed by atoms with Crippen LogP contribution in [0.3, 0.4) is 0 Å². The molecule has 0 aromatic heterocycles. The highest BCUT2D eigenvalue weighted by atomic mass is 15.0. The van der Waals surface area contributed by atoms with Crippen molar-refractivity contribution in [2.75, 3.05) is 6.54 Å². The molecule has 1 saturated heterocycles. The summed E-state index contributed by atoms with van der Waals surface area (Å²) in [5.41, 5.74) is 7.21. The molecule has 0 saturated carbocycles. The van der Waals surface area contributed by atoms with Gasteiger partial charge in [-0.1, -0.05) is 30.3 Å². The quantitative estimate of drug-likeness (QED) is 0.703. The molecule has 13 heavy (non-hydrogen) atoms. The van der Waals surface area contributed by atoms with Gasteiger partial charge >= 0.3 is 0 Å². The van der Waals surface area contributed by atoms with E-state index < -0.39 is 0 Å². The van der Waals surface area contributed by atoms with E-state index in [4.69, 9.17) is 5.73 Å². The van der Waals surface area contributed by atoms with Crippen molar-refractivity contribution >= 4 is 0 Å². The van der Waals surface area contributed by atoms with Crippen LogP contribution in [0.25, 0.3) is 0 Å². The van der Waals surface area contributed by atoms with Gasteiger partial charge in [-0.05, 0) is 18.4 Å². The second-order valence-corrected chi connectivity index (χ2v) is 3.79. The summed E-state index contributed by atoms with van der Waals surface area (Å²) in [6.45, 7) is 0.970. The molecule has 0 aliphatic carbocycles. The third-order valence-corrected chi connectivity index (χ3v) is 2.58. The van der Waals surface area contributed by atoms with E-state index in [2.05, 4.69) is 35.6 Å². The second kappa shape index (κ2) is 3.90. The molecular weight excluding hydrogens is 160 g/mol. The van der Waals surface area contributed by atoms with Gasteiger partial charge in [0.1, 0.15) is 0 Å². The number of nitrogens with one attached hydrogen (secondary N) is 1. The fourth-order valence-electron chi connectivity index (χ4n) is 1.90. The first-order chi connectivity index (χ1) is 6.34. The minimum Gasteiger partial charge on any atom is -0.326 e. The Hall–Kier alpha value is -0.860. The van der Waals surface area contributed by atoms with Crippen molar-refractivity contribution in [3.63, 3.8) is 0 Å². The van der Waals surface area contributed by atoms with Crippen LogP contribution in [0.15, 0.2) is 30.3 Å². The van der Waals surface area contributed by atoms with Crippen molar-refractivity contribution < 1.29 is 0 Å². The molecule has 3 N–H and O–H groups in total. The zero-order valence-corrected chi connectivity index (χ0v) is 7.74. The third kappa shape index (κ3) is 2.29. The van der Waals surface area contributed by atoms with Crippen LogP contribution in [-0.4, -0.2) is 18.6 Å². The normalized spacial score (nSPS) is 27.8. The maximum Gasteiger partial charge on any atom is 0.0180 e. The Balaban J connectivity index is 1.92. The summed E-state index contributed by atoms with van der Waals surface area (Å²) < 4.78 is 0. The molecule has 2 rings (SSSR count). The van der Waals surface area contributed by atoms with E-state index in [1.807, 2.05) is 0 Å². The molecule has 2 atom stereocenters. The molecule has 0 spiro atoms. The molecular formula is C11H16N2. The van der Waals surface area contributed by atoms with Gasteiger partial charge in [-0.15, -0.1) is 0 Å². The molecule has 1 fully saturated rings. The fraction of sp³-hybridized carbons (Fsp3) is 0.455. The lowest BCUT2D eigenvalue weighted by Gasteiger charge is -2.09. The highest BCUT2D eigenvalue weighted by molar-refractivity contribution is 5.16. The van der Waals surface area contributed by atoms with E-state index in [9.17, 15) is 0 Å². The SMILES string of the molecule is N[C@H]1CNC(Cc2ccccc2)C1. The topological polar surface area (TPSA) is 38.0 Å². The molecule has 0 bridgehead atoms. The smallest absolute Gasteiger partial charge is 0.0180 e. The molecule has 1 heterocycles. The number of hydrogen-bond acceptors (Lipinski definition) is 2. The van der Waals surface area contributed by atoms with Crippen LogP contribution in [0.5, 0.6) is 0 Å². The summed E-state index contributed by atoms with van der Waals surface area (Å²) in [6, 6.07) is 11.5. The standard InChI is InChI=1S/C11H16N2/c12-10-7-11(13-8-10)6-9-4-2-1-3-5-9/h1-5,10-11,13H,6-8,12H2/t10-,11?/m1/s1. The first-order valence-electron chi connectivity index (χ1n) is 4.87. The van der Waals surface area contributed by atoms with E-state index in [-0.39, 0.29) is 0 Å². The van der Waals surface area contributed by atoms with Crippen molar-refractivity contribution in [3.8, 4) is 0 Å². The van der Waals surface area contributed by atoms with Crippen LogP contribution < -0.4 is 11.1 Å².